The van der Waals surface area contributed by atoms with E-state index in [9.17, 15) is 28.8 Å². The van der Waals surface area contributed by atoms with Crippen LogP contribution < -0.4 is 5.43 Å². The number of nitrogens with zero attached hydrogens (tertiary/aromatic N) is 4. The highest BCUT2D eigenvalue weighted by molar-refractivity contribution is 5.75. The van der Waals surface area contributed by atoms with Crippen molar-refractivity contribution < 1.29 is 66.7 Å². The van der Waals surface area contributed by atoms with Crippen molar-refractivity contribution in [2.24, 2.45) is 0 Å². The van der Waals surface area contributed by atoms with Gasteiger partial charge in [0.2, 0.25) is 0 Å². The zero-order valence-electron chi connectivity index (χ0n) is 30.6. The van der Waals surface area contributed by atoms with E-state index in [4.69, 9.17) is 37.9 Å². The van der Waals surface area contributed by atoms with Crippen LogP contribution in [-0.4, -0.2) is 113 Å². The number of hydrogen-bond donors (Lipinski definition) is 1. The van der Waals surface area contributed by atoms with E-state index in [0.717, 1.165) is 69.0 Å². The zero-order valence-corrected chi connectivity index (χ0v) is 30.6. The number of ether oxygens (including phenoxy) is 8. The normalized spacial score (nSPS) is 25.2. The maximum absolute atomic E-state index is 13.3. The van der Waals surface area contributed by atoms with Gasteiger partial charge in [0.25, 0.3) is 0 Å². The number of carbonyl (C=O) groups excluding carboxylic acids is 6. The molecule has 3 aliphatic rings. The maximum Gasteiger partial charge on any atom is 0.429 e. The lowest BCUT2D eigenvalue weighted by atomic mass is 9.88. The number of hydrogen-bond acceptors (Lipinski definition) is 16. The molecule has 19 nitrogen and oxygen atoms in total. The van der Waals surface area contributed by atoms with Gasteiger partial charge < -0.3 is 37.9 Å². The number of nitrogens with one attached hydrogen (secondary N) is 1. The highest BCUT2D eigenvalue weighted by Gasteiger charge is 2.53. The summed E-state index contributed by atoms with van der Waals surface area (Å²) in [6, 6.07) is -1.43. The fraction of sp³-hybridized carbons (Fsp3) is 0.647. The molecule has 2 heterocycles. The van der Waals surface area contributed by atoms with E-state index in [2.05, 4.69) is 15.7 Å². The lowest BCUT2D eigenvalue weighted by Gasteiger charge is -2.43. The number of hydrazine groups is 1. The fourth-order valence-electron chi connectivity index (χ4n) is 6.41. The molecule has 0 aromatic carbocycles. The summed E-state index contributed by atoms with van der Waals surface area (Å²) in [6.07, 6.45) is 1.58. The average Bonchev–Trinajstić information content (AvgIpc) is 3.75. The first kappa shape index (κ1) is 40.7. The van der Waals surface area contributed by atoms with Crippen LogP contribution >= 0.6 is 0 Å². The Morgan fingerprint density at radius 3 is 2.11 bits per heavy atom. The van der Waals surface area contributed by atoms with E-state index >= 15 is 0 Å². The van der Waals surface area contributed by atoms with Gasteiger partial charge in [0.1, 0.15) is 24.4 Å². The van der Waals surface area contributed by atoms with Gasteiger partial charge in [-0.1, -0.05) is 29.4 Å². The van der Waals surface area contributed by atoms with Crippen molar-refractivity contribution >= 4 is 36.1 Å². The monoisotopic (exact) mass is 749 g/mol. The maximum atomic E-state index is 13.3. The molecule has 53 heavy (non-hydrogen) atoms. The van der Waals surface area contributed by atoms with Crippen molar-refractivity contribution in [2.75, 3.05) is 19.8 Å². The van der Waals surface area contributed by atoms with Crippen LogP contribution in [0.5, 0.6) is 0 Å². The second kappa shape index (κ2) is 19.2. The van der Waals surface area contributed by atoms with Gasteiger partial charge >= 0.3 is 36.1 Å². The largest absolute Gasteiger partial charge is 0.463 e. The molecule has 0 radical (unpaired) electrons. The third kappa shape index (κ3) is 11.0. The number of allylic oxidation sites excluding steroid dienone is 1. The van der Waals surface area contributed by atoms with Crippen LogP contribution in [0, 0.1) is 0 Å². The van der Waals surface area contributed by atoms with Gasteiger partial charge in [-0.15, -0.1) is 5.10 Å². The molecule has 1 aromatic rings. The minimum Gasteiger partial charge on any atom is -0.463 e. The summed E-state index contributed by atoms with van der Waals surface area (Å²) < 4.78 is 45.4. The molecule has 4 rings (SSSR count). The SMILES string of the molecule is CCOC(=O)NN(C(=O)OCC)[C@@H]1C(=C2CCCCC2)C=C[C@H]1n1cc(CO[C@@H]2O[C@H](COC(C)=O)[C@H](OC(C)=O)[C@H](OC(C)=O)[C@H]2OC(C)=O)nn1. The highest BCUT2D eigenvalue weighted by atomic mass is 16.7. The Morgan fingerprint density at radius 1 is 0.849 bits per heavy atom. The van der Waals surface area contributed by atoms with E-state index in [1.54, 1.807) is 20.0 Å². The third-order valence-electron chi connectivity index (χ3n) is 8.42. The van der Waals surface area contributed by atoms with Crippen molar-refractivity contribution in [1.29, 1.82) is 0 Å². The average molecular weight is 750 g/mol. The van der Waals surface area contributed by atoms with Crippen LogP contribution in [0.4, 0.5) is 9.59 Å². The van der Waals surface area contributed by atoms with Crippen LogP contribution in [0.15, 0.2) is 29.5 Å². The summed E-state index contributed by atoms with van der Waals surface area (Å²) in [7, 11) is 0. The molecule has 0 spiro atoms. The lowest BCUT2D eigenvalue weighted by molar-refractivity contribution is -0.310. The number of aromatic nitrogens is 3. The molecule has 292 valence electrons. The van der Waals surface area contributed by atoms with Gasteiger partial charge in [-0.2, -0.15) is 0 Å². The predicted octanol–water partition coefficient (Wildman–Crippen LogP) is 2.74. The number of carbonyl (C=O) groups is 6. The predicted molar refractivity (Wildman–Crippen MR) is 178 cm³/mol. The fourth-order valence-corrected chi connectivity index (χ4v) is 6.41. The Morgan fingerprint density at radius 2 is 1.49 bits per heavy atom. The molecule has 1 saturated carbocycles. The first-order chi connectivity index (χ1) is 25.3. The van der Waals surface area contributed by atoms with Crippen molar-refractivity contribution in [3.8, 4) is 0 Å². The van der Waals surface area contributed by atoms with Crippen LogP contribution in [0.25, 0.3) is 0 Å². The summed E-state index contributed by atoms with van der Waals surface area (Å²) in [5.74, 6) is -2.98. The van der Waals surface area contributed by atoms with Crippen LogP contribution in [0.3, 0.4) is 0 Å². The number of rotatable bonds is 12. The zero-order chi connectivity index (χ0) is 38.7. The molecule has 19 heteroatoms. The third-order valence-corrected chi connectivity index (χ3v) is 8.42. The van der Waals surface area contributed by atoms with Gasteiger partial charge in [-0.3, -0.25) is 19.2 Å². The standard InChI is InChI=1S/C34H47N5O14/c1-7-46-33(44)36-39(34(45)47-8-2)28-25(23-12-10-9-11-13-23)14-15-26(28)38-16-24(35-37-38)17-49-32-31(52-22(6)43)30(51-21(5)42)29(50-20(4)41)27(53-32)18-48-19(3)40/h14-16,26-32H,7-13,17-18H2,1-6H3,(H,36,44)/t26-,27-,28-,29+,30+,31-,32-/m1/s1. The van der Waals surface area contributed by atoms with Gasteiger partial charge in [0.15, 0.2) is 24.6 Å². The smallest absolute Gasteiger partial charge is 0.429 e. The summed E-state index contributed by atoms with van der Waals surface area (Å²) in [5.41, 5.74) is 4.80. The molecule has 2 aliphatic carbocycles. The molecule has 1 aromatic heterocycles. The highest BCUT2D eigenvalue weighted by Crippen LogP contribution is 2.38. The summed E-state index contributed by atoms with van der Waals surface area (Å²) in [5, 5.41) is 9.65. The van der Waals surface area contributed by atoms with Crippen molar-refractivity contribution in [2.45, 2.75) is 123 Å². The first-order valence-corrected chi connectivity index (χ1v) is 17.4. The minimum absolute atomic E-state index is 0.0562. The second-order valence-corrected chi connectivity index (χ2v) is 12.4. The Hall–Kier alpha value is -5.04. The Kier molecular flexibility index (Phi) is 14.7. The van der Waals surface area contributed by atoms with Gasteiger partial charge in [0, 0.05) is 27.7 Å². The summed E-state index contributed by atoms with van der Waals surface area (Å²) >= 11 is 0. The topological polar surface area (TPSA) is 222 Å². The van der Waals surface area contributed by atoms with E-state index in [1.807, 2.05) is 12.2 Å². The van der Waals surface area contributed by atoms with E-state index in [-0.39, 0.29) is 25.5 Å². The molecule has 2 amide bonds. The van der Waals surface area contributed by atoms with Gasteiger partial charge in [0.05, 0.1) is 32.1 Å². The second-order valence-electron chi connectivity index (χ2n) is 12.4. The van der Waals surface area contributed by atoms with E-state index < -0.39 is 85.5 Å². The molecule has 1 saturated heterocycles. The number of esters is 4. The van der Waals surface area contributed by atoms with Gasteiger partial charge in [-0.05, 0) is 45.1 Å². The van der Waals surface area contributed by atoms with Crippen molar-refractivity contribution in [1.82, 2.24) is 25.4 Å². The Balaban J connectivity index is 1.64. The van der Waals surface area contributed by atoms with Crippen molar-refractivity contribution in [3.63, 3.8) is 0 Å². The molecular formula is C34H47N5O14. The molecule has 0 bridgehead atoms. The molecule has 1 N–H and O–H groups in total. The molecule has 0 unspecified atom stereocenters. The Bertz CT molecular complexity index is 1550. The van der Waals surface area contributed by atoms with Gasteiger partial charge in [-0.25, -0.2) is 24.7 Å². The molecule has 1 aliphatic heterocycles. The molecule has 7 atom stereocenters. The lowest BCUT2D eigenvalue weighted by Crippen LogP contribution is -2.62. The van der Waals surface area contributed by atoms with E-state index in [1.165, 1.54) is 11.6 Å². The summed E-state index contributed by atoms with van der Waals surface area (Å²) in [4.78, 5) is 74.0. The van der Waals surface area contributed by atoms with Crippen LogP contribution in [0.2, 0.25) is 0 Å². The van der Waals surface area contributed by atoms with Crippen LogP contribution in [-0.2, 0) is 63.7 Å². The molecule has 2 fully saturated rings. The minimum atomic E-state index is -1.43. The number of amides is 2. The van der Waals surface area contributed by atoms with Crippen molar-refractivity contribution in [3.05, 3.63) is 35.2 Å². The summed E-state index contributed by atoms with van der Waals surface area (Å²) in [6.45, 7) is 7.26. The van der Waals surface area contributed by atoms with E-state index in [0.29, 0.717) is 0 Å². The van der Waals surface area contributed by atoms with Crippen LogP contribution in [0.1, 0.15) is 85.4 Å². The first-order valence-electron chi connectivity index (χ1n) is 17.4. The quantitative estimate of drug-likeness (QED) is 0.184. The Labute approximate surface area is 306 Å². The molecular weight excluding hydrogens is 702 g/mol.